The first-order valence-electron chi connectivity index (χ1n) is 9.34. The number of anilines is 1. The zero-order valence-electron chi connectivity index (χ0n) is 16.1. The number of hydrogen-bond acceptors (Lipinski definition) is 5. The molecule has 3 aromatic rings. The van der Waals surface area contributed by atoms with Gasteiger partial charge in [0.2, 0.25) is 0 Å². The second kappa shape index (κ2) is 7.01. The minimum Gasteiger partial charge on any atom is -0.493 e. The van der Waals surface area contributed by atoms with Crippen LogP contribution in [0.15, 0.2) is 77.2 Å². The number of methoxy groups -OCH3 is 2. The molecule has 2 aliphatic rings. The van der Waals surface area contributed by atoms with Gasteiger partial charge in [0.15, 0.2) is 17.3 Å². The van der Waals surface area contributed by atoms with E-state index in [2.05, 4.69) is 11.4 Å². The molecule has 1 atom stereocenters. The summed E-state index contributed by atoms with van der Waals surface area (Å²) in [6.45, 7) is 0. The molecule has 1 aliphatic heterocycles. The highest BCUT2D eigenvalue weighted by molar-refractivity contribution is 8.00. The summed E-state index contributed by atoms with van der Waals surface area (Å²) in [6.07, 6.45) is 0. The average molecular weight is 401 g/mol. The molecule has 0 fully saturated rings. The van der Waals surface area contributed by atoms with E-state index in [0.29, 0.717) is 11.5 Å². The number of hydrogen-bond donors (Lipinski definition) is 1. The van der Waals surface area contributed by atoms with Crippen LogP contribution in [0.1, 0.15) is 26.7 Å². The van der Waals surface area contributed by atoms with Gasteiger partial charge in [-0.1, -0.05) is 48.5 Å². The number of carbonyl (C=O) groups excluding carboxylic acids is 1. The van der Waals surface area contributed by atoms with Crippen molar-refractivity contribution in [1.82, 2.24) is 0 Å². The van der Waals surface area contributed by atoms with Gasteiger partial charge in [-0.2, -0.15) is 0 Å². The second-order valence-corrected chi connectivity index (χ2v) is 8.01. The predicted molar refractivity (Wildman–Crippen MR) is 116 cm³/mol. The Hall–Kier alpha value is -3.18. The molecule has 144 valence electrons. The summed E-state index contributed by atoms with van der Waals surface area (Å²) >= 11 is 1.65. The monoisotopic (exact) mass is 401 g/mol. The first kappa shape index (κ1) is 17.9. The lowest BCUT2D eigenvalue weighted by Gasteiger charge is -2.21. The zero-order valence-corrected chi connectivity index (χ0v) is 16.9. The Morgan fingerprint density at radius 3 is 2.41 bits per heavy atom. The number of carbonyl (C=O) groups is 1. The van der Waals surface area contributed by atoms with Crippen LogP contribution in [0.2, 0.25) is 0 Å². The molecule has 0 spiro atoms. The van der Waals surface area contributed by atoms with E-state index in [1.165, 1.54) is 0 Å². The number of thioether (sulfide) groups is 1. The minimum absolute atomic E-state index is 0.0540. The fraction of sp³-hybridized carbons (Fsp3) is 0.125. The summed E-state index contributed by atoms with van der Waals surface area (Å²) in [4.78, 5) is 14.6. The molecule has 3 aromatic carbocycles. The van der Waals surface area contributed by atoms with E-state index in [0.717, 1.165) is 38.5 Å². The van der Waals surface area contributed by atoms with Crippen molar-refractivity contribution >= 4 is 28.9 Å². The number of rotatable bonds is 3. The molecule has 29 heavy (non-hydrogen) atoms. The smallest absolute Gasteiger partial charge is 0.193 e. The summed E-state index contributed by atoms with van der Waals surface area (Å²) in [5.41, 5.74) is 5.22. The van der Waals surface area contributed by atoms with Gasteiger partial charge in [0.1, 0.15) is 0 Å². The van der Waals surface area contributed by atoms with Gasteiger partial charge in [-0.05, 0) is 18.2 Å². The zero-order chi connectivity index (χ0) is 20.0. The van der Waals surface area contributed by atoms with Gasteiger partial charge in [-0.15, -0.1) is 11.8 Å². The molecule has 5 rings (SSSR count). The quantitative estimate of drug-likeness (QED) is 0.622. The lowest BCUT2D eigenvalue weighted by Crippen LogP contribution is -2.09. The second-order valence-electron chi connectivity index (χ2n) is 6.87. The van der Waals surface area contributed by atoms with Gasteiger partial charge in [0, 0.05) is 27.2 Å². The standard InChI is InChI=1S/C24H19NO3S/c1-27-18-12-7-10-16(23(18)28-2)24-20-21(14-8-3-4-9-15(14)22(20)26)25-17-11-5-6-13-19(17)29-24/h3-13,24-25H,1-2H3/t24-/m1/s1. The van der Waals surface area contributed by atoms with Crippen LogP contribution in [0.5, 0.6) is 11.5 Å². The Bertz CT molecular complexity index is 1170. The molecule has 0 saturated heterocycles. The van der Waals surface area contributed by atoms with Gasteiger partial charge in [-0.25, -0.2) is 0 Å². The molecular formula is C24H19NO3S. The Morgan fingerprint density at radius 1 is 0.862 bits per heavy atom. The maximum atomic E-state index is 13.5. The van der Waals surface area contributed by atoms with Crippen LogP contribution in [0.25, 0.3) is 5.70 Å². The van der Waals surface area contributed by atoms with Crippen LogP contribution in [0, 0.1) is 0 Å². The van der Waals surface area contributed by atoms with E-state index in [1.54, 1.807) is 26.0 Å². The predicted octanol–water partition coefficient (Wildman–Crippen LogP) is 5.57. The van der Waals surface area contributed by atoms with Crippen LogP contribution in [0.4, 0.5) is 5.69 Å². The summed E-state index contributed by atoms with van der Waals surface area (Å²) in [5, 5.41) is 3.31. The van der Waals surface area contributed by atoms with E-state index < -0.39 is 0 Å². The largest absolute Gasteiger partial charge is 0.493 e. The molecule has 0 saturated carbocycles. The number of ether oxygens (including phenoxy) is 2. The van der Waals surface area contributed by atoms with Gasteiger partial charge in [0.05, 0.1) is 30.9 Å². The van der Waals surface area contributed by atoms with Crippen LogP contribution in [-0.4, -0.2) is 20.0 Å². The lowest BCUT2D eigenvalue weighted by molar-refractivity contribution is 0.103. The van der Waals surface area contributed by atoms with Gasteiger partial charge in [-0.3, -0.25) is 4.79 Å². The molecule has 0 bridgehead atoms. The third kappa shape index (κ3) is 2.73. The number of Topliss-reactive ketones (excluding diaryl/α,β-unsaturated/α-hetero) is 1. The fourth-order valence-electron chi connectivity index (χ4n) is 4.02. The summed E-state index contributed by atoms with van der Waals surface area (Å²) in [6, 6.07) is 21.7. The Morgan fingerprint density at radius 2 is 1.62 bits per heavy atom. The molecule has 5 heteroatoms. The van der Waals surface area contributed by atoms with Gasteiger partial charge >= 0.3 is 0 Å². The van der Waals surface area contributed by atoms with Crippen LogP contribution in [0.3, 0.4) is 0 Å². The van der Waals surface area contributed by atoms with Crippen molar-refractivity contribution in [3.63, 3.8) is 0 Å². The number of para-hydroxylation sites is 2. The Kier molecular flexibility index (Phi) is 4.32. The highest BCUT2D eigenvalue weighted by atomic mass is 32.2. The van der Waals surface area contributed by atoms with E-state index in [9.17, 15) is 4.79 Å². The Labute approximate surface area is 173 Å². The maximum absolute atomic E-state index is 13.5. The van der Waals surface area contributed by atoms with Crippen molar-refractivity contribution in [2.75, 3.05) is 19.5 Å². The van der Waals surface area contributed by atoms with Crippen molar-refractivity contribution in [1.29, 1.82) is 0 Å². The van der Waals surface area contributed by atoms with E-state index in [1.807, 2.05) is 60.7 Å². The van der Waals surface area contributed by atoms with Crippen molar-refractivity contribution in [2.45, 2.75) is 10.1 Å². The van der Waals surface area contributed by atoms with E-state index in [-0.39, 0.29) is 11.0 Å². The minimum atomic E-state index is -0.230. The van der Waals surface area contributed by atoms with Crippen LogP contribution < -0.4 is 14.8 Å². The first-order chi connectivity index (χ1) is 14.2. The molecule has 1 heterocycles. The van der Waals surface area contributed by atoms with E-state index >= 15 is 0 Å². The molecule has 0 radical (unpaired) electrons. The lowest BCUT2D eigenvalue weighted by atomic mass is 9.99. The van der Waals surface area contributed by atoms with Crippen molar-refractivity contribution in [3.05, 3.63) is 89.0 Å². The highest BCUT2D eigenvalue weighted by Crippen LogP contribution is 2.54. The third-order valence-corrected chi connectivity index (χ3v) is 6.66. The Balaban J connectivity index is 1.77. The molecule has 0 amide bonds. The average Bonchev–Trinajstić information content (AvgIpc) is 2.93. The number of ketones is 1. The van der Waals surface area contributed by atoms with Crippen LogP contribution in [-0.2, 0) is 0 Å². The van der Waals surface area contributed by atoms with E-state index in [4.69, 9.17) is 9.47 Å². The summed E-state index contributed by atoms with van der Waals surface area (Å²) in [5.74, 6) is 1.36. The molecule has 4 nitrogen and oxygen atoms in total. The molecule has 1 N–H and O–H groups in total. The molecule has 1 aliphatic carbocycles. The van der Waals surface area contributed by atoms with Crippen molar-refractivity contribution < 1.29 is 14.3 Å². The fourth-order valence-corrected chi connectivity index (χ4v) is 5.33. The van der Waals surface area contributed by atoms with Crippen molar-refractivity contribution in [2.24, 2.45) is 0 Å². The van der Waals surface area contributed by atoms with Gasteiger partial charge < -0.3 is 14.8 Å². The normalized spacial score (nSPS) is 17.0. The SMILES string of the molecule is COc1cccc([C@H]2Sc3ccccc3NC3=C2C(=O)c2ccccc23)c1OC. The highest BCUT2D eigenvalue weighted by Gasteiger charge is 2.39. The van der Waals surface area contributed by atoms with Gasteiger partial charge in [0.25, 0.3) is 0 Å². The number of benzene rings is 3. The topological polar surface area (TPSA) is 47.6 Å². The third-order valence-electron chi connectivity index (χ3n) is 5.32. The number of fused-ring (bicyclic) bond motifs is 3. The summed E-state index contributed by atoms with van der Waals surface area (Å²) < 4.78 is 11.2. The summed E-state index contributed by atoms with van der Waals surface area (Å²) in [7, 11) is 3.26. The van der Waals surface area contributed by atoms with Crippen molar-refractivity contribution in [3.8, 4) is 11.5 Å². The maximum Gasteiger partial charge on any atom is 0.193 e. The first-order valence-corrected chi connectivity index (χ1v) is 10.2. The molecule has 0 unspecified atom stereocenters. The molecule has 0 aromatic heterocycles. The number of nitrogens with one attached hydrogen (secondary N) is 1. The van der Waals surface area contributed by atoms with Crippen LogP contribution >= 0.6 is 11.8 Å². The molecular weight excluding hydrogens is 382 g/mol.